The molecule has 0 radical (unpaired) electrons. The van der Waals surface area contributed by atoms with Crippen LogP contribution >= 0.6 is 0 Å². The van der Waals surface area contributed by atoms with Crippen molar-refractivity contribution in [1.29, 1.82) is 0 Å². The van der Waals surface area contributed by atoms with Crippen LogP contribution in [0.3, 0.4) is 0 Å². The topological polar surface area (TPSA) is 48.9 Å². The Morgan fingerprint density at radius 3 is 2.54 bits per heavy atom. The molecule has 146 valence electrons. The number of ether oxygens (including phenoxy) is 1. The monoisotopic (exact) mass is 360 g/mol. The van der Waals surface area contributed by atoms with Gasteiger partial charge in [-0.3, -0.25) is 0 Å². The van der Waals surface area contributed by atoms with Gasteiger partial charge in [0.05, 0.1) is 19.8 Å². The molecule has 1 fully saturated rings. The van der Waals surface area contributed by atoms with Crippen molar-refractivity contribution < 1.29 is 4.74 Å². The number of benzene rings is 1. The van der Waals surface area contributed by atoms with Crippen LogP contribution in [0.15, 0.2) is 29.3 Å². The molecule has 1 atom stereocenters. The van der Waals surface area contributed by atoms with E-state index in [1.54, 1.807) is 0 Å². The number of guanidine groups is 1. The largest absolute Gasteiger partial charge is 0.378 e. The molecule has 0 amide bonds. The summed E-state index contributed by atoms with van der Waals surface area (Å²) in [4.78, 5) is 7.13. The molecular weight excluding hydrogens is 324 g/mol. The SMILES string of the molecule is CCCCCC(C)NC(=NCc1ccc(N2CCOCC2)cc1)NCC. The Balaban J connectivity index is 1.87. The van der Waals surface area contributed by atoms with Crippen LogP contribution in [0, 0.1) is 0 Å². The van der Waals surface area contributed by atoms with Crippen LogP contribution in [0.4, 0.5) is 5.69 Å². The zero-order valence-corrected chi connectivity index (χ0v) is 16.8. The highest BCUT2D eigenvalue weighted by molar-refractivity contribution is 5.80. The first-order chi connectivity index (χ1) is 12.7. The van der Waals surface area contributed by atoms with Crippen LogP contribution < -0.4 is 15.5 Å². The summed E-state index contributed by atoms with van der Waals surface area (Å²) < 4.78 is 5.42. The molecule has 1 saturated heterocycles. The summed E-state index contributed by atoms with van der Waals surface area (Å²) in [6.07, 6.45) is 5.02. The van der Waals surface area contributed by atoms with Crippen molar-refractivity contribution in [2.24, 2.45) is 4.99 Å². The van der Waals surface area contributed by atoms with E-state index in [-0.39, 0.29) is 0 Å². The number of unbranched alkanes of at least 4 members (excludes halogenated alkanes) is 2. The van der Waals surface area contributed by atoms with Crippen LogP contribution in [-0.2, 0) is 11.3 Å². The zero-order chi connectivity index (χ0) is 18.6. The van der Waals surface area contributed by atoms with Gasteiger partial charge in [-0.15, -0.1) is 0 Å². The molecular formula is C21H36N4O. The van der Waals surface area contributed by atoms with E-state index in [1.165, 1.54) is 36.9 Å². The van der Waals surface area contributed by atoms with Gasteiger partial charge >= 0.3 is 0 Å². The second-order valence-corrected chi connectivity index (χ2v) is 7.00. The predicted molar refractivity (Wildman–Crippen MR) is 111 cm³/mol. The minimum atomic E-state index is 0.447. The molecule has 1 aromatic carbocycles. The summed E-state index contributed by atoms with van der Waals surface area (Å²) >= 11 is 0. The number of rotatable bonds is 9. The van der Waals surface area contributed by atoms with Crippen LogP contribution in [0.25, 0.3) is 0 Å². The number of morpholine rings is 1. The zero-order valence-electron chi connectivity index (χ0n) is 16.8. The maximum Gasteiger partial charge on any atom is 0.191 e. The second-order valence-electron chi connectivity index (χ2n) is 7.00. The number of aliphatic imine (C=N–C) groups is 1. The van der Waals surface area contributed by atoms with Gasteiger partial charge in [-0.2, -0.15) is 0 Å². The molecule has 1 unspecified atom stereocenters. The standard InChI is InChI=1S/C21H36N4O/c1-4-6-7-8-18(3)24-21(22-5-2)23-17-19-9-11-20(12-10-19)25-13-15-26-16-14-25/h9-12,18H,4-8,13-17H2,1-3H3,(H2,22,23,24). The first-order valence-corrected chi connectivity index (χ1v) is 10.2. The van der Waals surface area contributed by atoms with Crippen molar-refractivity contribution in [1.82, 2.24) is 10.6 Å². The number of hydrogen-bond acceptors (Lipinski definition) is 3. The molecule has 1 aromatic rings. The Kier molecular flexibility index (Phi) is 9.32. The lowest BCUT2D eigenvalue weighted by molar-refractivity contribution is 0.122. The minimum Gasteiger partial charge on any atom is -0.378 e. The van der Waals surface area contributed by atoms with E-state index < -0.39 is 0 Å². The minimum absolute atomic E-state index is 0.447. The molecule has 1 aliphatic heterocycles. The van der Waals surface area contributed by atoms with Crippen molar-refractivity contribution in [3.63, 3.8) is 0 Å². The van der Waals surface area contributed by atoms with E-state index in [2.05, 4.69) is 60.6 Å². The highest BCUT2D eigenvalue weighted by atomic mass is 16.5. The Morgan fingerprint density at radius 2 is 1.88 bits per heavy atom. The predicted octanol–water partition coefficient (Wildman–Crippen LogP) is 3.55. The van der Waals surface area contributed by atoms with Crippen LogP contribution in [-0.4, -0.2) is 44.8 Å². The highest BCUT2D eigenvalue weighted by Crippen LogP contribution is 2.17. The van der Waals surface area contributed by atoms with Gasteiger partial charge in [0.15, 0.2) is 5.96 Å². The van der Waals surface area contributed by atoms with Crippen molar-refractivity contribution >= 4 is 11.6 Å². The Morgan fingerprint density at radius 1 is 1.15 bits per heavy atom. The second kappa shape index (κ2) is 11.8. The van der Waals surface area contributed by atoms with E-state index in [1.807, 2.05) is 0 Å². The molecule has 1 heterocycles. The number of anilines is 1. The van der Waals surface area contributed by atoms with Gasteiger partial charge in [0.2, 0.25) is 0 Å². The van der Waals surface area contributed by atoms with Crippen LogP contribution in [0.1, 0.15) is 52.0 Å². The summed E-state index contributed by atoms with van der Waals surface area (Å²) in [6, 6.07) is 9.21. The summed E-state index contributed by atoms with van der Waals surface area (Å²) in [5, 5.41) is 6.88. The third-order valence-electron chi connectivity index (χ3n) is 4.70. The number of nitrogens with zero attached hydrogens (tertiary/aromatic N) is 2. The summed E-state index contributed by atoms with van der Waals surface area (Å²) in [5.41, 5.74) is 2.51. The van der Waals surface area contributed by atoms with E-state index >= 15 is 0 Å². The van der Waals surface area contributed by atoms with Gasteiger partial charge in [0.1, 0.15) is 0 Å². The lowest BCUT2D eigenvalue weighted by Crippen LogP contribution is -2.42. The normalized spacial score (nSPS) is 16.4. The van der Waals surface area contributed by atoms with Gasteiger partial charge in [0, 0.05) is 31.4 Å². The molecule has 1 aliphatic rings. The molecule has 26 heavy (non-hydrogen) atoms. The number of hydrogen-bond donors (Lipinski definition) is 2. The number of nitrogens with one attached hydrogen (secondary N) is 2. The van der Waals surface area contributed by atoms with Gasteiger partial charge in [0.25, 0.3) is 0 Å². The highest BCUT2D eigenvalue weighted by Gasteiger charge is 2.10. The first-order valence-electron chi connectivity index (χ1n) is 10.2. The maximum absolute atomic E-state index is 5.42. The Hall–Kier alpha value is -1.75. The van der Waals surface area contributed by atoms with E-state index in [9.17, 15) is 0 Å². The molecule has 0 bridgehead atoms. The van der Waals surface area contributed by atoms with Gasteiger partial charge in [-0.25, -0.2) is 4.99 Å². The lowest BCUT2D eigenvalue weighted by atomic mass is 10.1. The molecule has 2 rings (SSSR count). The van der Waals surface area contributed by atoms with E-state index in [0.717, 1.165) is 38.8 Å². The molecule has 2 N–H and O–H groups in total. The van der Waals surface area contributed by atoms with Crippen molar-refractivity contribution in [3.05, 3.63) is 29.8 Å². The first kappa shape index (κ1) is 20.6. The summed E-state index contributed by atoms with van der Waals surface area (Å²) in [6.45, 7) is 11.7. The third-order valence-corrected chi connectivity index (χ3v) is 4.70. The fourth-order valence-corrected chi connectivity index (χ4v) is 3.13. The molecule has 0 saturated carbocycles. The fraction of sp³-hybridized carbons (Fsp3) is 0.667. The maximum atomic E-state index is 5.42. The van der Waals surface area contributed by atoms with Gasteiger partial charge < -0.3 is 20.3 Å². The molecule has 0 aliphatic carbocycles. The average Bonchev–Trinajstić information content (AvgIpc) is 2.67. The smallest absolute Gasteiger partial charge is 0.191 e. The van der Waals surface area contributed by atoms with Crippen molar-refractivity contribution in [3.8, 4) is 0 Å². The van der Waals surface area contributed by atoms with Crippen LogP contribution in [0.5, 0.6) is 0 Å². The summed E-state index contributed by atoms with van der Waals surface area (Å²) in [5.74, 6) is 0.911. The quantitative estimate of drug-likeness (QED) is 0.402. The molecule has 5 heteroatoms. The van der Waals surface area contributed by atoms with Crippen LogP contribution in [0.2, 0.25) is 0 Å². The van der Waals surface area contributed by atoms with Gasteiger partial charge in [-0.05, 0) is 38.0 Å². The molecule has 0 spiro atoms. The lowest BCUT2D eigenvalue weighted by Gasteiger charge is -2.28. The van der Waals surface area contributed by atoms with Gasteiger partial charge in [-0.1, -0.05) is 38.3 Å². The van der Waals surface area contributed by atoms with Crippen molar-refractivity contribution in [2.45, 2.75) is 59.0 Å². The van der Waals surface area contributed by atoms with Crippen molar-refractivity contribution in [2.75, 3.05) is 37.7 Å². The third kappa shape index (κ3) is 7.24. The Bertz CT molecular complexity index is 523. The van der Waals surface area contributed by atoms with E-state index in [4.69, 9.17) is 9.73 Å². The van der Waals surface area contributed by atoms with E-state index in [0.29, 0.717) is 12.6 Å². The Labute approximate surface area is 159 Å². The molecule has 5 nitrogen and oxygen atoms in total. The summed E-state index contributed by atoms with van der Waals surface area (Å²) in [7, 11) is 0. The fourth-order valence-electron chi connectivity index (χ4n) is 3.13. The average molecular weight is 361 g/mol. The molecule has 0 aromatic heterocycles.